The van der Waals surface area contributed by atoms with E-state index in [9.17, 15) is 5.11 Å². The molecule has 0 bridgehead atoms. The molecule has 3 N–H and O–H groups in total. The number of guanidine groups is 1. The van der Waals surface area contributed by atoms with Gasteiger partial charge in [-0.3, -0.25) is 4.99 Å². The molecule has 2 aliphatic carbocycles. The van der Waals surface area contributed by atoms with E-state index in [-0.39, 0.29) is 30.1 Å². The zero-order chi connectivity index (χ0) is 16.3. The van der Waals surface area contributed by atoms with Crippen LogP contribution in [0.25, 0.3) is 0 Å². The first-order valence-electron chi connectivity index (χ1n) is 9.62. The number of hydrogen-bond donors (Lipinski definition) is 3. The lowest BCUT2D eigenvalue weighted by atomic mass is 9.93. The van der Waals surface area contributed by atoms with Crippen molar-refractivity contribution >= 4 is 29.9 Å². The van der Waals surface area contributed by atoms with Gasteiger partial charge in [0.15, 0.2) is 5.96 Å². The Bertz CT molecular complexity index is 339. The normalized spacial score (nSPS) is 26.3. The maximum Gasteiger partial charge on any atom is 0.191 e. The Kier molecular flexibility index (Phi) is 12.0. The number of aliphatic imine (C=N–C) groups is 1. The molecule has 0 aromatic heterocycles. The van der Waals surface area contributed by atoms with Crippen molar-refractivity contribution in [1.29, 1.82) is 0 Å². The summed E-state index contributed by atoms with van der Waals surface area (Å²) in [5.74, 6) is 0.887. The summed E-state index contributed by atoms with van der Waals surface area (Å²) in [4.78, 5) is 4.64. The van der Waals surface area contributed by atoms with Gasteiger partial charge in [-0.05, 0) is 45.4 Å². The largest absolute Gasteiger partial charge is 0.393 e. The molecule has 0 spiro atoms. The van der Waals surface area contributed by atoms with Crippen LogP contribution in [-0.2, 0) is 4.74 Å². The first-order chi connectivity index (χ1) is 11.3. The number of halogens is 1. The van der Waals surface area contributed by atoms with Crippen molar-refractivity contribution < 1.29 is 9.84 Å². The Morgan fingerprint density at radius 2 is 1.71 bits per heavy atom. The molecule has 0 saturated heterocycles. The third kappa shape index (κ3) is 8.85. The van der Waals surface area contributed by atoms with Gasteiger partial charge in [0.2, 0.25) is 0 Å². The molecule has 0 aliphatic heterocycles. The van der Waals surface area contributed by atoms with Crippen LogP contribution in [0.1, 0.15) is 71.1 Å². The maximum atomic E-state index is 9.59. The van der Waals surface area contributed by atoms with Crippen LogP contribution in [0.4, 0.5) is 0 Å². The van der Waals surface area contributed by atoms with Gasteiger partial charge in [-0.15, -0.1) is 24.0 Å². The van der Waals surface area contributed by atoms with Crippen LogP contribution in [0.2, 0.25) is 0 Å². The van der Waals surface area contributed by atoms with Crippen LogP contribution >= 0.6 is 24.0 Å². The van der Waals surface area contributed by atoms with E-state index in [1.165, 1.54) is 38.5 Å². The molecule has 0 atom stereocenters. The van der Waals surface area contributed by atoms with E-state index in [0.29, 0.717) is 25.3 Å². The lowest BCUT2D eigenvalue weighted by Crippen LogP contribution is -2.45. The van der Waals surface area contributed by atoms with Gasteiger partial charge in [-0.1, -0.05) is 25.7 Å². The van der Waals surface area contributed by atoms with E-state index >= 15 is 0 Å². The Hall–Kier alpha value is -0.0800. The zero-order valence-electron chi connectivity index (χ0n) is 15.1. The summed E-state index contributed by atoms with van der Waals surface area (Å²) in [6, 6.07) is 0.430. The smallest absolute Gasteiger partial charge is 0.191 e. The molecule has 0 aromatic carbocycles. The average Bonchev–Trinajstić information content (AvgIpc) is 2.82. The molecule has 6 heteroatoms. The van der Waals surface area contributed by atoms with Crippen molar-refractivity contribution in [2.75, 3.05) is 19.7 Å². The van der Waals surface area contributed by atoms with Crippen LogP contribution in [0, 0.1) is 0 Å². The Balaban J connectivity index is 0.00000288. The van der Waals surface area contributed by atoms with Crippen LogP contribution in [0.3, 0.4) is 0 Å². The second-order valence-electron chi connectivity index (χ2n) is 6.89. The minimum absolute atomic E-state index is 0. The van der Waals surface area contributed by atoms with Crippen molar-refractivity contribution in [3.05, 3.63) is 0 Å². The highest BCUT2D eigenvalue weighted by Gasteiger charge is 2.20. The molecule has 0 unspecified atom stereocenters. The fourth-order valence-electron chi connectivity index (χ4n) is 3.52. The zero-order valence-corrected chi connectivity index (χ0v) is 17.5. The highest BCUT2D eigenvalue weighted by atomic mass is 127. The highest BCUT2D eigenvalue weighted by Crippen LogP contribution is 2.20. The molecule has 2 aliphatic rings. The standard InChI is InChI=1S/C18H35N3O2.HI/c1-2-19-18(21-15-9-11-16(22)12-10-15)20-13-14-23-17-7-5-3-4-6-8-17;/h15-17,22H,2-14H2,1H3,(H2,19,20,21);1H. The number of hydrogen-bond acceptors (Lipinski definition) is 3. The van der Waals surface area contributed by atoms with Gasteiger partial charge in [-0.2, -0.15) is 0 Å². The summed E-state index contributed by atoms with van der Waals surface area (Å²) >= 11 is 0. The summed E-state index contributed by atoms with van der Waals surface area (Å²) in [5, 5.41) is 16.4. The SMILES string of the molecule is CCNC(=NCCOC1CCCCCC1)NC1CCC(O)CC1.I. The minimum Gasteiger partial charge on any atom is -0.393 e. The summed E-state index contributed by atoms with van der Waals surface area (Å²) in [5.41, 5.74) is 0. The molecule has 2 fully saturated rings. The second-order valence-corrected chi connectivity index (χ2v) is 6.89. The number of rotatable bonds is 6. The lowest BCUT2D eigenvalue weighted by Gasteiger charge is -2.27. The van der Waals surface area contributed by atoms with Gasteiger partial charge >= 0.3 is 0 Å². The van der Waals surface area contributed by atoms with Crippen molar-refractivity contribution in [2.45, 2.75) is 89.4 Å². The average molecular weight is 453 g/mol. The Labute approximate surface area is 164 Å². The van der Waals surface area contributed by atoms with E-state index in [0.717, 1.165) is 38.2 Å². The Morgan fingerprint density at radius 3 is 2.33 bits per heavy atom. The first-order valence-corrected chi connectivity index (χ1v) is 9.62. The van der Waals surface area contributed by atoms with Gasteiger partial charge in [0.25, 0.3) is 0 Å². The van der Waals surface area contributed by atoms with Crippen LogP contribution in [-0.4, -0.2) is 49.0 Å². The van der Waals surface area contributed by atoms with Crippen molar-refractivity contribution in [1.82, 2.24) is 10.6 Å². The van der Waals surface area contributed by atoms with Gasteiger partial charge in [0, 0.05) is 12.6 Å². The third-order valence-electron chi connectivity index (χ3n) is 4.90. The number of nitrogens with one attached hydrogen (secondary N) is 2. The summed E-state index contributed by atoms with van der Waals surface area (Å²) in [7, 11) is 0. The molecule has 142 valence electrons. The maximum absolute atomic E-state index is 9.59. The molecular formula is C18H36IN3O2. The molecule has 0 heterocycles. The fourth-order valence-corrected chi connectivity index (χ4v) is 3.52. The second kappa shape index (κ2) is 13.2. The highest BCUT2D eigenvalue weighted by molar-refractivity contribution is 14.0. The summed E-state index contributed by atoms with van der Waals surface area (Å²) in [6.07, 6.45) is 11.9. The van der Waals surface area contributed by atoms with Crippen molar-refractivity contribution in [3.8, 4) is 0 Å². The predicted molar refractivity (Wildman–Crippen MR) is 110 cm³/mol. The summed E-state index contributed by atoms with van der Waals surface area (Å²) in [6.45, 7) is 4.38. The van der Waals surface area contributed by atoms with E-state index in [4.69, 9.17) is 4.74 Å². The van der Waals surface area contributed by atoms with Crippen LogP contribution in [0.5, 0.6) is 0 Å². The monoisotopic (exact) mass is 453 g/mol. The molecule has 5 nitrogen and oxygen atoms in total. The van der Waals surface area contributed by atoms with E-state index in [1.54, 1.807) is 0 Å². The number of ether oxygens (including phenoxy) is 1. The number of nitrogens with zero attached hydrogens (tertiary/aromatic N) is 1. The quantitative estimate of drug-likeness (QED) is 0.190. The fraction of sp³-hybridized carbons (Fsp3) is 0.944. The molecule has 2 rings (SSSR count). The van der Waals surface area contributed by atoms with Gasteiger partial charge in [0.05, 0.1) is 25.4 Å². The molecule has 0 aromatic rings. The molecule has 2 saturated carbocycles. The first kappa shape index (κ1) is 22.0. The summed E-state index contributed by atoms with van der Waals surface area (Å²) < 4.78 is 6.00. The van der Waals surface area contributed by atoms with Crippen LogP contribution < -0.4 is 10.6 Å². The molecule has 24 heavy (non-hydrogen) atoms. The van der Waals surface area contributed by atoms with Gasteiger partial charge in [0.1, 0.15) is 0 Å². The minimum atomic E-state index is -0.111. The Morgan fingerprint density at radius 1 is 1.04 bits per heavy atom. The van der Waals surface area contributed by atoms with Crippen molar-refractivity contribution in [2.24, 2.45) is 4.99 Å². The van der Waals surface area contributed by atoms with Gasteiger partial charge < -0.3 is 20.5 Å². The third-order valence-corrected chi connectivity index (χ3v) is 4.90. The lowest BCUT2D eigenvalue weighted by molar-refractivity contribution is 0.0487. The predicted octanol–water partition coefficient (Wildman–Crippen LogP) is 3.20. The van der Waals surface area contributed by atoms with Crippen molar-refractivity contribution in [3.63, 3.8) is 0 Å². The van der Waals surface area contributed by atoms with E-state index < -0.39 is 0 Å². The number of aliphatic hydroxyl groups is 1. The van der Waals surface area contributed by atoms with E-state index in [2.05, 4.69) is 22.5 Å². The molecular weight excluding hydrogens is 417 g/mol. The molecule has 0 radical (unpaired) electrons. The molecule has 0 amide bonds. The number of aliphatic hydroxyl groups excluding tert-OH is 1. The van der Waals surface area contributed by atoms with E-state index in [1.807, 2.05) is 0 Å². The topological polar surface area (TPSA) is 65.9 Å². The van der Waals surface area contributed by atoms with Gasteiger partial charge in [-0.25, -0.2) is 0 Å². The van der Waals surface area contributed by atoms with Crippen LogP contribution in [0.15, 0.2) is 4.99 Å².